The molecule has 0 heterocycles. The van der Waals surface area contributed by atoms with Crippen LogP contribution >= 0.6 is 11.6 Å². The molecule has 0 bridgehead atoms. The number of ether oxygens (including phenoxy) is 1. The van der Waals surface area contributed by atoms with Gasteiger partial charge in [0.25, 0.3) is 0 Å². The van der Waals surface area contributed by atoms with E-state index >= 15 is 0 Å². The fourth-order valence-electron chi connectivity index (χ4n) is 2.12. The van der Waals surface area contributed by atoms with Crippen molar-refractivity contribution in [1.29, 1.82) is 0 Å². The van der Waals surface area contributed by atoms with Gasteiger partial charge in [-0.3, -0.25) is 0 Å². The van der Waals surface area contributed by atoms with Crippen molar-refractivity contribution in [3.63, 3.8) is 0 Å². The molecule has 0 amide bonds. The second-order valence-electron chi connectivity index (χ2n) is 5.19. The van der Waals surface area contributed by atoms with E-state index in [1.807, 2.05) is 48.5 Å². The first kappa shape index (κ1) is 17.8. The van der Waals surface area contributed by atoms with Crippen LogP contribution in [0.1, 0.15) is 11.1 Å². The predicted octanol–water partition coefficient (Wildman–Crippen LogP) is 2.59. The molecular weight excluding hydrogens is 312 g/mol. The zero-order chi connectivity index (χ0) is 16.3. The first-order valence-corrected chi connectivity index (χ1v) is 8.15. The van der Waals surface area contributed by atoms with Gasteiger partial charge in [0, 0.05) is 26.2 Å². The van der Waals surface area contributed by atoms with Crippen LogP contribution in [0.15, 0.2) is 48.5 Å². The lowest BCUT2D eigenvalue weighted by molar-refractivity contribution is 0.292. The Morgan fingerprint density at radius 3 is 2.43 bits per heavy atom. The summed E-state index contributed by atoms with van der Waals surface area (Å²) in [5, 5.41) is 15.7. The molecule has 0 saturated heterocycles. The Labute approximate surface area is 142 Å². The minimum atomic E-state index is 0.167. The van der Waals surface area contributed by atoms with E-state index < -0.39 is 0 Å². The standard InChI is InChI=1S/C18H23ClN2O2/c19-17-12-16(13-21-9-8-20-10-11-22)6-7-18(17)23-14-15-4-2-1-3-5-15/h1-7,12,20-22H,8-11,13-14H2. The Bertz CT molecular complexity index is 578. The van der Waals surface area contributed by atoms with Gasteiger partial charge in [-0.25, -0.2) is 0 Å². The molecule has 3 N–H and O–H groups in total. The van der Waals surface area contributed by atoms with Crippen LogP contribution in [-0.4, -0.2) is 31.3 Å². The number of aliphatic hydroxyl groups excluding tert-OH is 1. The molecule has 0 aliphatic carbocycles. The first-order chi connectivity index (χ1) is 11.3. The third-order valence-electron chi connectivity index (χ3n) is 3.33. The largest absolute Gasteiger partial charge is 0.487 e. The summed E-state index contributed by atoms with van der Waals surface area (Å²) in [6.45, 7) is 3.71. The fourth-order valence-corrected chi connectivity index (χ4v) is 2.38. The maximum Gasteiger partial charge on any atom is 0.138 e. The molecule has 0 atom stereocenters. The molecule has 0 radical (unpaired) electrons. The van der Waals surface area contributed by atoms with Crippen LogP contribution < -0.4 is 15.4 Å². The predicted molar refractivity (Wildman–Crippen MR) is 93.9 cm³/mol. The molecule has 124 valence electrons. The third-order valence-corrected chi connectivity index (χ3v) is 3.63. The van der Waals surface area contributed by atoms with Crippen molar-refractivity contribution in [2.75, 3.05) is 26.2 Å². The number of rotatable bonds is 10. The molecule has 23 heavy (non-hydrogen) atoms. The van der Waals surface area contributed by atoms with Crippen LogP contribution in [0.5, 0.6) is 5.75 Å². The van der Waals surface area contributed by atoms with Crippen molar-refractivity contribution in [3.05, 3.63) is 64.7 Å². The van der Waals surface area contributed by atoms with Crippen molar-refractivity contribution in [2.45, 2.75) is 13.2 Å². The number of nitrogens with one attached hydrogen (secondary N) is 2. The van der Waals surface area contributed by atoms with Crippen LogP contribution in [0.4, 0.5) is 0 Å². The third kappa shape index (κ3) is 6.59. The number of hydrogen-bond acceptors (Lipinski definition) is 4. The highest BCUT2D eigenvalue weighted by atomic mass is 35.5. The van der Waals surface area contributed by atoms with Crippen LogP contribution in [0.2, 0.25) is 5.02 Å². The number of halogens is 1. The Hall–Kier alpha value is -1.59. The van der Waals surface area contributed by atoms with E-state index in [9.17, 15) is 0 Å². The quantitative estimate of drug-likeness (QED) is 0.585. The summed E-state index contributed by atoms with van der Waals surface area (Å²) in [5.41, 5.74) is 2.23. The maximum absolute atomic E-state index is 8.66. The second kappa shape index (κ2) is 10.2. The van der Waals surface area contributed by atoms with E-state index in [-0.39, 0.29) is 6.61 Å². The lowest BCUT2D eigenvalue weighted by Crippen LogP contribution is -2.28. The Morgan fingerprint density at radius 2 is 1.70 bits per heavy atom. The maximum atomic E-state index is 8.66. The summed E-state index contributed by atoms with van der Waals surface area (Å²) in [4.78, 5) is 0. The van der Waals surface area contributed by atoms with Gasteiger partial charge in [-0.05, 0) is 23.3 Å². The molecule has 2 aromatic rings. The van der Waals surface area contributed by atoms with Gasteiger partial charge in [0.05, 0.1) is 11.6 Å². The molecule has 0 spiro atoms. The van der Waals surface area contributed by atoms with Gasteiger partial charge < -0.3 is 20.5 Å². The zero-order valence-electron chi connectivity index (χ0n) is 13.1. The topological polar surface area (TPSA) is 53.5 Å². The average molecular weight is 335 g/mol. The highest BCUT2D eigenvalue weighted by Gasteiger charge is 2.04. The summed E-state index contributed by atoms with van der Waals surface area (Å²) in [6.07, 6.45) is 0. The second-order valence-corrected chi connectivity index (χ2v) is 5.60. The molecule has 0 unspecified atom stereocenters. The highest BCUT2D eigenvalue weighted by molar-refractivity contribution is 6.32. The Morgan fingerprint density at radius 1 is 0.913 bits per heavy atom. The summed E-state index contributed by atoms with van der Waals surface area (Å²) in [6, 6.07) is 15.9. The molecule has 2 rings (SSSR count). The summed E-state index contributed by atoms with van der Waals surface area (Å²) < 4.78 is 5.76. The molecule has 0 aliphatic heterocycles. The smallest absolute Gasteiger partial charge is 0.138 e. The molecule has 0 fully saturated rings. The normalized spacial score (nSPS) is 10.7. The SMILES string of the molecule is OCCNCCNCc1ccc(OCc2ccccc2)c(Cl)c1. The van der Waals surface area contributed by atoms with E-state index in [4.69, 9.17) is 21.4 Å². The van der Waals surface area contributed by atoms with Gasteiger partial charge in [-0.2, -0.15) is 0 Å². The molecular formula is C18H23ClN2O2. The monoisotopic (exact) mass is 334 g/mol. The van der Waals surface area contributed by atoms with E-state index in [1.54, 1.807) is 0 Å². The van der Waals surface area contributed by atoms with Gasteiger partial charge in [-0.1, -0.05) is 48.0 Å². The number of hydrogen-bond donors (Lipinski definition) is 3. The van der Waals surface area contributed by atoms with E-state index in [1.165, 1.54) is 0 Å². The molecule has 0 aliphatic rings. The molecule has 0 aromatic heterocycles. The van der Waals surface area contributed by atoms with Gasteiger partial charge in [0.2, 0.25) is 0 Å². The van der Waals surface area contributed by atoms with Crippen molar-refractivity contribution in [1.82, 2.24) is 10.6 Å². The van der Waals surface area contributed by atoms with Gasteiger partial charge in [0.15, 0.2) is 0 Å². The van der Waals surface area contributed by atoms with Crippen LogP contribution in [0.25, 0.3) is 0 Å². The number of benzene rings is 2. The first-order valence-electron chi connectivity index (χ1n) is 7.77. The highest BCUT2D eigenvalue weighted by Crippen LogP contribution is 2.26. The van der Waals surface area contributed by atoms with Crippen molar-refractivity contribution in [2.24, 2.45) is 0 Å². The molecule has 2 aromatic carbocycles. The summed E-state index contributed by atoms with van der Waals surface area (Å²) >= 11 is 6.28. The van der Waals surface area contributed by atoms with Gasteiger partial charge in [0.1, 0.15) is 12.4 Å². The lowest BCUT2D eigenvalue weighted by Gasteiger charge is -2.10. The van der Waals surface area contributed by atoms with Crippen LogP contribution in [0.3, 0.4) is 0 Å². The Balaban J connectivity index is 1.76. The molecule has 4 nitrogen and oxygen atoms in total. The lowest BCUT2D eigenvalue weighted by atomic mass is 10.2. The van der Waals surface area contributed by atoms with Crippen LogP contribution in [0, 0.1) is 0 Å². The zero-order valence-corrected chi connectivity index (χ0v) is 13.9. The van der Waals surface area contributed by atoms with Gasteiger partial charge in [-0.15, -0.1) is 0 Å². The van der Waals surface area contributed by atoms with E-state index in [0.717, 1.165) is 30.8 Å². The average Bonchev–Trinajstić information content (AvgIpc) is 2.58. The fraction of sp³-hybridized carbons (Fsp3) is 0.333. The molecule has 0 saturated carbocycles. The summed E-state index contributed by atoms with van der Waals surface area (Å²) in [7, 11) is 0. The number of aliphatic hydroxyl groups is 1. The summed E-state index contributed by atoms with van der Waals surface area (Å²) in [5.74, 6) is 0.698. The Kier molecular flexibility index (Phi) is 7.90. The van der Waals surface area contributed by atoms with Crippen molar-refractivity contribution in [3.8, 4) is 5.75 Å². The van der Waals surface area contributed by atoms with E-state index in [0.29, 0.717) is 23.9 Å². The van der Waals surface area contributed by atoms with Crippen molar-refractivity contribution < 1.29 is 9.84 Å². The van der Waals surface area contributed by atoms with E-state index in [2.05, 4.69) is 10.6 Å². The molecule has 5 heteroatoms. The van der Waals surface area contributed by atoms with Gasteiger partial charge >= 0.3 is 0 Å². The minimum Gasteiger partial charge on any atom is -0.487 e. The van der Waals surface area contributed by atoms with Crippen LogP contribution in [-0.2, 0) is 13.2 Å². The van der Waals surface area contributed by atoms with Crippen molar-refractivity contribution >= 4 is 11.6 Å². The minimum absolute atomic E-state index is 0.167.